The summed E-state index contributed by atoms with van der Waals surface area (Å²) in [6, 6.07) is 10.5. The average molecular weight is 716 g/mol. The molecule has 4 saturated carbocycles. The summed E-state index contributed by atoms with van der Waals surface area (Å²) < 4.78 is 45.9. The second kappa shape index (κ2) is 11.5. The van der Waals surface area contributed by atoms with Crippen molar-refractivity contribution in [2.24, 2.45) is 44.7 Å². The number of carbonyl (C=O) groups is 2. The van der Waals surface area contributed by atoms with E-state index in [4.69, 9.17) is 4.42 Å². The summed E-state index contributed by atoms with van der Waals surface area (Å²) >= 11 is 0. The summed E-state index contributed by atoms with van der Waals surface area (Å²) in [6.07, 6.45) is 5.16. The van der Waals surface area contributed by atoms with Crippen LogP contribution in [0.5, 0.6) is 0 Å². The molecule has 0 bridgehead atoms. The van der Waals surface area contributed by atoms with Crippen molar-refractivity contribution in [3.8, 4) is 0 Å². The van der Waals surface area contributed by atoms with Gasteiger partial charge in [-0.3, -0.25) is 4.79 Å². The smallest absolute Gasteiger partial charge is 0.422 e. The van der Waals surface area contributed by atoms with E-state index in [0.717, 1.165) is 74.4 Å². The number of halogens is 3. The van der Waals surface area contributed by atoms with Gasteiger partial charge < -0.3 is 20.4 Å². The summed E-state index contributed by atoms with van der Waals surface area (Å²) in [4.78, 5) is 39.6. The van der Waals surface area contributed by atoms with E-state index in [-0.39, 0.29) is 28.6 Å². The summed E-state index contributed by atoms with van der Waals surface area (Å²) in [5, 5.41) is 16.6. The van der Waals surface area contributed by atoms with Gasteiger partial charge >= 0.3 is 23.5 Å². The van der Waals surface area contributed by atoms with Gasteiger partial charge in [-0.15, -0.1) is 10.2 Å². The monoisotopic (exact) mass is 715 g/mol. The molecule has 2 aromatic carbocycles. The Labute approximate surface area is 299 Å². The number of rotatable bonds is 4. The van der Waals surface area contributed by atoms with Gasteiger partial charge in [0.25, 0.3) is 0 Å². The molecule has 3 aromatic rings. The van der Waals surface area contributed by atoms with Crippen molar-refractivity contribution in [3.05, 3.63) is 75.1 Å². The van der Waals surface area contributed by atoms with E-state index in [1.165, 1.54) is 30.7 Å². The van der Waals surface area contributed by atoms with E-state index in [2.05, 4.69) is 40.0 Å². The topological polar surface area (TPSA) is 125 Å². The number of hydrogen-bond donors (Lipinski definition) is 3. The van der Waals surface area contributed by atoms with Gasteiger partial charge in [-0.25, -0.2) is 9.59 Å². The molecule has 4 fully saturated rings. The van der Waals surface area contributed by atoms with Gasteiger partial charge in [0, 0.05) is 47.6 Å². The molecule has 2 aliphatic heterocycles. The number of hydrogen-bond acceptors (Lipinski definition) is 7. The quantitative estimate of drug-likeness (QED) is 0.235. The molecule has 1 spiro atoms. The zero-order valence-corrected chi connectivity index (χ0v) is 29.5. The molecular formula is C40H44F3N5O4. The Morgan fingerprint density at radius 2 is 1.75 bits per heavy atom. The largest absolute Gasteiger partial charge is 0.442 e. The van der Waals surface area contributed by atoms with Crippen molar-refractivity contribution in [1.29, 1.82) is 0 Å². The molecule has 274 valence electrons. The first kappa shape index (κ1) is 33.8. The van der Waals surface area contributed by atoms with Crippen LogP contribution in [0.15, 0.2) is 61.9 Å². The standard InChI is InChI=1S/C40H44F3N5O4/c1-36-16-17-38(20-24(36)7-9-28-29-11-12-32(49)37(29,2)15-13-30(28)36)33-27(14-18-45-38)26-10-8-25(19-31(26)52-34(33)50)46-35(51)44-21-22-3-5-23(6-4-22)39(47-48-39)40(41,42)43/h3-6,8,10,19,24,28-30,45H,7,9,11-18,20-21H2,1-2H3,(H2,44,46,51)/t24-,28-,29-,30-,36-,37-,38+/m0/s1. The van der Waals surface area contributed by atoms with Gasteiger partial charge in [0.05, 0.1) is 11.1 Å². The molecule has 0 radical (unpaired) electrons. The number of nitrogens with one attached hydrogen (secondary N) is 3. The lowest BCUT2D eigenvalue weighted by molar-refractivity contribution is -0.166. The number of Topliss-reactive ketones (excluding diaryl/α,β-unsaturated/α-hetero) is 1. The highest BCUT2D eigenvalue weighted by Gasteiger charge is 2.65. The molecule has 9 nitrogen and oxygen atoms in total. The summed E-state index contributed by atoms with van der Waals surface area (Å²) in [5.41, 5.74) is 0.0302. The third-order valence-corrected chi connectivity index (χ3v) is 14.6. The lowest BCUT2D eigenvalue weighted by atomic mass is 9.43. The van der Waals surface area contributed by atoms with E-state index in [9.17, 15) is 27.6 Å². The molecule has 7 atom stereocenters. The second-order valence-corrected chi connectivity index (χ2v) is 16.9. The first-order valence-corrected chi connectivity index (χ1v) is 18.8. The Bertz CT molecular complexity index is 2070. The minimum Gasteiger partial charge on any atom is -0.422 e. The highest BCUT2D eigenvalue weighted by atomic mass is 19.4. The number of fused-ring (bicyclic) bond motifs is 9. The Morgan fingerprint density at radius 3 is 2.50 bits per heavy atom. The lowest BCUT2D eigenvalue weighted by Gasteiger charge is -2.62. The molecule has 6 aliphatic rings. The number of nitrogens with zero attached hydrogens (tertiary/aromatic N) is 2. The molecule has 0 saturated heterocycles. The Balaban J connectivity index is 0.900. The van der Waals surface area contributed by atoms with E-state index in [0.29, 0.717) is 52.7 Å². The number of carbonyl (C=O) groups excluding carboxylic acids is 2. The summed E-state index contributed by atoms with van der Waals surface area (Å²) in [5.74, 6) is 2.72. The maximum Gasteiger partial charge on any atom is 0.442 e. The van der Waals surface area contributed by atoms with Gasteiger partial charge in [0.1, 0.15) is 11.4 Å². The lowest BCUT2D eigenvalue weighted by Crippen LogP contribution is -2.60. The molecule has 1 aromatic heterocycles. The van der Waals surface area contributed by atoms with E-state index >= 15 is 0 Å². The molecule has 12 heteroatoms. The first-order valence-electron chi connectivity index (χ1n) is 18.8. The van der Waals surface area contributed by atoms with Gasteiger partial charge in [-0.05, 0) is 110 Å². The van der Waals surface area contributed by atoms with Crippen molar-refractivity contribution in [2.45, 2.75) is 102 Å². The Morgan fingerprint density at radius 1 is 0.962 bits per heavy atom. The van der Waals surface area contributed by atoms with Gasteiger partial charge in [0.2, 0.25) is 0 Å². The van der Waals surface area contributed by atoms with E-state index < -0.39 is 23.4 Å². The summed E-state index contributed by atoms with van der Waals surface area (Å²) in [6.45, 7) is 5.60. The number of alkyl halides is 3. The minimum atomic E-state index is -4.60. The van der Waals surface area contributed by atoms with Crippen LogP contribution in [-0.2, 0) is 29.0 Å². The molecule has 0 unspecified atom stereocenters. The van der Waals surface area contributed by atoms with E-state index in [1.54, 1.807) is 12.1 Å². The molecule has 9 rings (SSSR count). The maximum atomic E-state index is 13.9. The fraction of sp³-hybridized carbons (Fsp3) is 0.575. The third-order valence-electron chi connectivity index (χ3n) is 14.6. The third kappa shape index (κ3) is 4.95. The zero-order chi connectivity index (χ0) is 36.3. The van der Waals surface area contributed by atoms with Gasteiger partial charge in [0.15, 0.2) is 0 Å². The average Bonchev–Trinajstić information content (AvgIpc) is 3.88. The minimum absolute atomic E-state index is 0.0701. The van der Waals surface area contributed by atoms with Crippen molar-refractivity contribution in [1.82, 2.24) is 10.6 Å². The van der Waals surface area contributed by atoms with Crippen LogP contribution in [0.1, 0.15) is 93.9 Å². The van der Waals surface area contributed by atoms with Crippen LogP contribution in [0.25, 0.3) is 11.0 Å². The Kier molecular flexibility index (Phi) is 7.44. The van der Waals surface area contributed by atoms with Crippen molar-refractivity contribution in [3.63, 3.8) is 0 Å². The second-order valence-electron chi connectivity index (χ2n) is 16.9. The molecule has 52 heavy (non-hydrogen) atoms. The Hall–Kier alpha value is -4.06. The van der Waals surface area contributed by atoms with Gasteiger partial charge in [-0.1, -0.05) is 38.1 Å². The fourth-order valence-electron chi connectivity index (χ4n) is 11.7. The van der Waals surface area contributed by atoms with Crippen LogP contribution in [0.4, 0.5) is 23.7 Å². The van der Waals surface area contributed by atoms with Gasteiger partial charge in [-0.2, -0.15) is 13.2 Å². The van der Waals surface area contributed by atoms with Crippen LogP contribution < -0.4 is 21.6 Å². The highest BCUT2D eigenvalue weighted by Crippen LogP contribution is 2.67. The predicted molar refractivity (Wildman–Crippen MR) is 187 cm³/mol. The molecule has 3 heterocycles. The van der Waals surface area contributed by atoms with Crippen LogP contribution >= 0.6 is 0 Å². The van der Waals surface area contributed by atoms with E-state index in [1.807, 2.05) is 6.07 Å². The number of ketones is 1. The number of anilines is 1. The molecule has 3 N–H and O–H groups in total. The normalized spacial score (nSPS) is 34.3. The molecule has 4 aliphatic carbocycles. The van der Waals surface area contributed by atoms with Crippen LogP contribution in [0, 0.1) is 34.5 Å². The number of amides is 2. The van der Waals surface area contributed by atoms with Crippen LogP contribution in [0.3, 0.4) is 0 Å². The SMILES string of the molecule is C[C@]12CC[C@]3(C[C@@H]1CC[C@@H]1[C@@H]2CC[C@]2(C)C(=O)CC[C@@H]12)NCCc1c3c(=O)oc2cc(NC(=O)NCc3ccc(C4(C(F)(F)F)N=N4)cc3)ccc12. The van der Waals surface area contributed by atoms with Crippen molar-refractivity contribution >= 4 is 28.5 Å². The molecule has 2 amide bonds. The van der Waals surface area contributed by atoms with Crippen LogP contribution in [0.2, 0.25) is 0 Å². The summed E-state index contributed by atoms with van der Waals surface area (Å²) in [7, 11) is 0. The maximum absolute atomic E-state index is 13.9. The fourth-order valence-corrected chi connectivity index (χ4v) is 11.7. The predicted octanol–water partition coefficient (Wildman–Crippen LogP) is 8.25. The van der Waals surface area contributed by atoms with Crippen molar-refractivity contribution in [2.75, 3.05) is 11.9 Å². The molecular weight excluding hydrogens is 671 g/mol. The number of benzene rings is 2. The number of urea groups is 1. The van der Waals surface area contributed by atoms with Crippen molar-refractivity contribution < 1.29 is 27.2 Å². The zero-order valence-electron chi connectivity index (χ0n) is 29.5. The highest BCUT2D eigenvalue weighted by molar-refractivity contribution is 5.93. The first-order chi connectivity index (χ1) is 24.8. The van der Waals surface area contributed by atoms with Crippen LogP contribution in [-0.4, -0.2) is 24.5 Å².